The van der Waals surface area contributed by atoms with Crippen molar-refractivity contribution in [3.8, 4) is 5.75 Å². The van der Waals surface area contributed by atoms with Gasteiger partial charge >= 0.3 is 0 Å². The molecule has 29 heavy (non-hydrogen) atoms. The van der Waals surface area contributed by atoms with Crippen LogP contribution in [0.1, 0.15) is 22.5 Å². The van der Waals surface area contributed by atoms with Crippen LogP contribution in [0.4, 0.5) is 5.13 Å². The number of anilines is 1. The molecule has 4 rings (SSSR count). The zero-order valence-corrected chi connectivity index (χ0v) is 17.5. The second-order valence-electron chi connectivity index (χ2n) is 7.01. The second kappa shape index (κ2) is 8.09. The minimum Gasteiger partial charge on any atom is -0.497 e. The van der Waals surface area contributed by atoms with Gasteiger partial charge in [0.1, 0.15) is 11.5 Å². The SMILES string of the molecule is COc1ccc(CC(=O)N(Cc2ccco2)c2nc3c(C)cc(C)cc3s2)cc1. The summed E-state index contributed by atoms with van der Waals surface area (Å²) >= 11 is 1.53. The molecule has 2 aromatic heterocycles. The predicted octanol–water partition coefficient (Wildman–Crippen LogP) is 5.29. The van der Waals surface area contributed by atoms with Crippen LogP contribution in [0.25, 0.3) is 10.2 Å². The van der Waals surface area contributed by atoms with Gasteiger partial charge in [0.15, 0.2) is 5.13 Å². The van der Waals surface area contributed by atoms with Crippen molar-refractivity contribution in [2.75, 3.05) is 12.0 Å². The van der Waals surface area contributed by atoms with Crippen molar-refractivity contribution in [1.29, 1.82) is 0 Å². The molecule has 0 saturated heterocycles. The number of nitrogens with zero attached hydrogens (tertiary/aromatic N) is 2. The molecule has 2 heterocycles. The number of aryl methyl sites for hydroxylation is 2. The van der Waals surface area contributed by atoms with Gasteiger partial charge in [-0.2, -0.15) is 0 Å². The van der Waals surface area contributed by atoms with Crippen molar-refractivity contribution in [2.24, 2.45) is 0 Å². The van der Waals surface area contributed by atoms with E-state index in [1.807, 2.05) is 36.4 Å². The monoisotopic (exact) mass is 406 g/mol. The van der Waals surface area contributed by atoms with Gasteiger partial charge in [0.25, 0.3) is 0 Å². The molecule has 0 saturated carbocycles. The molecule has 1 amide bonds. The van der Waals surface area contributed by atoms with Crippen molar-refractivity contribution in [3.63, 3.8) is 0 Å². The number of hydrogen-bond acceptors (Lipinski definition) is 5. The highest BCUT2D eigenvalue weighted by atomic mass is 32.1. The van der Waals surface area contributed by atoms with Crippen molar-refractivity contribution < 1.29 is 13.9 Å². The van der Waals surface area contributed by atoms with Crippen LogP contribution in [-0.2, 0) is 17.8 Å². The number of carbonyl (C=O) groups is 1. The summed E-state index contributed by atoms with van der Waals surface area (Å²) in [6.45, 7) is 4.47. The lowest BCUT2D eigenvalue weighted by Gasteiger charge is -2.19. The third-order valence-electron chi connectivity index (χ3n) is 4.76. The van der Waals surface area contributed by atoms with Crippen LogP contribution < -0.4 is 9.64 Å². The molecule has 6 heteroatoms. The third-order valence-corrected chi connectivity index (χ3v) is 5.78. The molecule has 2 aromatic carbocycles. The van der Waals surface area contributed by atoms with Gasteiger partial charge < -0.3 is 9.15 Å². The Kier molecular flexibility index (Phi) is 5.36. The van der Waals surface area contributed by atoms with E-state index in [1.54, 1.807) is 18.3 Å². The van der Waals surface area contributed by atoms with Gasteiger partial charge in [-0.1, -0.05) is 29.5 Å². The number of rotatable bonds is 6. The molecular weight excluding hydrogens is 384 g/mol. The lowest BCUT2D eigenvalue weighted by molar-refractivity contribution is -0.118. The number of methoxy groups -OCH3 is 1. The maximum Gasteiger partial charge on any atom is 0.233 e. The third kappa shape index (κ3) is 4.17. The predicted molar refractivity (Wildman–Crippen MR) is 116 cm³/mol. The number of benzene rings is 2. The van der Waals surface area contributed by atoms with Crippen LogP contribution in [0.15, 0.2) is 59.2 Å². The average molecular weight is 407 g/mol. The number of thiazole rings is 1. The second-order valence-corrected chi connectivity index (χ2v) is 8.02. The number of fused-ring (bicyclic) bond motifs is 1. The molecule has 0 aliphatic heterocycles. The van der Waals surface area contributed by atoms with Crippen molar-refractivity contribution in [3.05, 3.63) is 77.2 Å². The van der Waals surface area contributed by atoms with Crippen LogP contribution in [0.3, 0.4) is 0 Å². The Morgan fingerprint density at radius 1 is 1.17 bits per heavy atom. The topological polar surface area (TPSA) is 55.6 Å². The number of furan rings is 1. The van der Waals surface area contributed by atoms with E-state index in [0.29, 0.717) is 11.7 Å². The summed E-state index contributed by atoms with van der Waals surface area (Å²) in [5, 5.41) is 0.684. The molecule has 0 aliphatic carbocycles. The molecule has 4 aromatic rings. The molecular formula is C23H22N2O3S. The van der Waals surface area contributed by atoms with E-state index in [1.165, 1.54) is 16.9 Å². The molecule has 0 atom stereocenters. The van der Waals surface area contributed by atoms with Crippen LogP contribution in [0, 0.1) is 13.8 Å². The maximum absolute atomic E-state index is 13.2. The fourth-order valence-corrected chi connectivity index (χ4v) is 4.47. The van der Waals surface area contributed by atoms with Crippen LogP contribution in [-0.4, -0.2) is 18.0 Å². The van der Waals surface area contributed by atoms with E-state index >= 15 is 0 Å². The quantitative estimate of drug-likeness (QED) is 0.436. The van der Waals surface area contributed by atoms with Gasteiger partial charge in [0.05, 0.1) is 36.6 Å². The highest BCUT2D eigenvalue weighted by molar-refractivity contribution is 7.22. The van der Waals surface area contributed by atoms with E-state index < -0.39 is 0 Å². The smallest absolute Gasteiger partial charge is 0.233 e. The Morgan fingerprint density at radius 3 is 2.66 bits per heavy atom. The Hall–Kier alpha value is -3.12. The standard InChI is InChI=1S/C23H22N2O3S/c1-15-11-16(2)22-20(12-15)29-23(24-22)25(14-19-5-4-10-28-19)21(26)13-17-6-8-18(27-3)9-7-17/h4-12H,13-14H2,1-3H3. The number of carbonyl (C=O) groups excluding carboxylic acids is 1. The molecule has 5 nitrogen and oxygen atoms in total. The first-order valence-corrected chi connectivity index (χ1v) is 10.2. The lowest BCUT2D eigenvalue weighted by Crippen LogP contribution is -2.31. The number of amides is 1. The number of ether oxygens (including phenoxy) is 1. The molecule has 0 unspecified atom stereocenters. The molecule has 0 bridgehead atoms. The van der Waals surface area contributed by atoms with E-state index in [0.717, 1.165) is 32.9 Å². The van der Waals surface area contributed by atoms with Gasteiger partial charge in [0.2, 0.25) is 5.91 Å². The highest BCUT2D eigenvalue weighted by Crippen LogP contribution is 2.33. The number of hydrogen-bond donors (Lipinski definition) is 0. The summed E-state index contributed by atoms with van der Waals surface area (Å²) in [5.41, 5.74) is 4.17. The fourth-order valence-electron chi connectivity index (χ4n) is 3.31. The molecule has 0 spiro atoms. The summed E-state index contributed by atoms with van der Waals surface area (Å²) in [6, 6.07) is 15.5. The molecule has 148 valence electrons. The van der Waals surface area contributed by atoms with Crippen molar-refractivity contribution in [1.82, 2.24) is 4.98 Å². The van der Waals surface area contributed by atoms with Crippen LogP contribution >= 0.6 is 11.3 Å². The molecule has 0 fully saturated rings. The zero-order chi connectivity index (χ0) is 20.4. The van der Waals surface area contributed by atoms with E-state index in [9.17, 15) is 4.79 Å². The fraction of sp³-hybridized carbons (Fsp3) is 0.217. The Bertz CT molecular complexity index is 1130. The van der Waals surface area contributed by atoms with Crippen molar-refractivity contribution >= 4 is 32.6 Å². The van der Waals surface area contributed by atoms with E-state index in [4.69, 9.17) is 14.1 Å². The number of aromatic nitrogens is 1. The minimum atomic E-state index is -0.0278. The van der Waals surface area contributed by atoms with Gasteiger partial charge in [0, 0.05) is 0 Å². The first-order chi connectivity index (χ1) is 14.0. The summed E-state index contributed by atoms with van der Waals surface area (Å²) in [5.74, 6) is 1.46. The largest absolute Gasteiger partial charge is 0.497 e. The van der Waals surface area contributed by atoms with Crippen molar-refractivity contribution in [2.45, 2.75) is 26.8 Å². The van der Waals surface area contributed by atoms with Gasteiger partial charge in [-0.25, -0.2) is 4.98 Å². The van der Waals surface area contributed by atoms with E-state index in [2.05, 4.69) is 26.0 Å². The summed E-state index contributed by atoms with van der Waals surface area (Å²) in [4.78, 5) is 19.7. The summed E-state index contributed by atoms with van der Waals surface area (Å²) in [7, 11) is 1.63. The first-order valence-electron chi connectivity index (χ1n) is 9.37. The Balaban J connectivity index is 1.67. The Morgan fingerprint density at radius 2 is 1.97 bits per heavy atom. The van der Waals surface area contributed by atoms with Gasteiger partial charge in [-0.05, 0) is 60.9 Å². The minimum absolute atomic E-state index is 0.0278. The molecule has 0 radical (unpaired) electrons. The van der Waals surface area contributed by atoms with Gasteiger partial charge in [-0.15, -0.1) is 0 Å². The zero-order valence-electron chi connectivity index (χ0n) is 16.6. The molecule has 0 aliphatic rings. The Labute approximate surface area is 173 Å². The lowest BCUT2D eigenvalue weighted by atomic mass is 10.1. The first kappa shape index (κ1) is 19.2. The van der Waals surface area contributed by atoms with E-state index in [-0.39, 0.29) is 12.3 Å². The van der Waals surface area contributed by atoms with Crippen LogP contribution in [0.2, 0.25) is 0 Å². The average Bonchev–Trinajstić information content (AvgIpc) is 3.36. The highest BCUT2D eigenvalue weighted by Gasteiger charge is 2.22. The summed E-state index contributed by atoms with van der Waals surface area (Å²) in [6.07, 6.45) is 1.89. The maximum atomic E-state index is 13.2. The van der Waals surface area contributed by atoms with Crippen LogP contribution in [0.5, 0.6) is 5.75 Å². The summed E-state index contributed by atoms with van der Waals surface area (Å²) < 4.78 is 11.8. The molecule has 0 N–H and O–H groups in total. The van der Waals surface area contributed by atoms with Gasteiger partial charge in [-0.3, -0.25) is 9.69 Å². The normalized spacial score (nSPS) is 11.0.